The van der Waals surface area contributed by atoms with Crippen LogP contribution in [0.3, 0.4) is 0 Å². The average Bonchev–Trinajstić information content (AvgIpc) is 3.46. The highest BCUT2D eigenvalue weighted by molar-refractivity contribution is 7.08. The van der Waals surface area contributed by atoms with Gasteiger partial charge in [0.1, 0.15) is 11.3 Å². The van der Waals surface area contributed by atoms with Crippen LogP contribution < -0.4 is 0 Å². The van der Waals surface area contributed by atoms with Crippen molar-refractivity contribution in [2.45, 2.75) is 12.5 Å². The quantitative estimate of drug-likeness (QED) is 0.548. The number of imidazole rings is 1. The summed E-state index contributed by atoms with van der Waals surface area (Å²) in [6, 6.07) is 9.73. The zero-order valence-electron chi connectivity index (χ0n) is 14.5. The average molecular weight is 375 g/mol. The normalized spacial score (nSPS) is 16.9. The number of nitrogens with zero attached hydrogens (tertiary/aromatic N) is 5. The molecule has 0 aliphatic carbocycles. The Morgan fingerprint density at radius 3 is 2.93 bits per heavy atom. The molecule has 27 heavy (non-hydrogen) atoms. The Bertz CT molecular complexity index is 1090. The van der Waals surface area contributed by atoms with Crippen LogP contribution in [-0.2, 0) is 0 Å². The first-order valence-electron chi connectivity index (χ1n) is 8.86. The highest BCUT2D eigenvalue weighted by Crippen LogP contribution is 2.33. The molecule has 0 saturated carbocycles. The molecule has 1 aliphatic heterocycles. The van der Waals surface area contributed by atoms with Gasteiger partial charge in [-0.05, 0) is 42.1 Å². The molecule has 134 valence electrons. The molecule has 5 heterocycles. The molecule has 0 bridgehead atoms. The summed E-state index contributed by atoms with van der Waals surface area (Å²) in [5.74, 6) is 0.950. The van der Waals surface area contributed by atoms with Crippen LogP contribution in [0.2, 0.25) is 0 Å². The van der Waals surface area contributed by atoms with Crippen LogP contribution in [0.4, 0.5) is 0 Å². The summed E-state index contributed by atoms with van der Waals surface area (Å²) in [5.41, 5.74) is 3.48. The Labute approximate surface area is 160 Å². The fourth-order valence-corrected chi connectivity index (χ4v) is 4.31. The standard InChI is InChI=1S/C20H17N5OS/c26-20(14-3-1-7-21-11-14)24-9-5-16(12-24)25-18(15-6-10-27-13-15)23-17-4-2-8-22-19(17)25/h1-4,6-8,10-11,13,16H,5,9,12H2. The van der Waals surface area contributed by atoms with Crippen LogP contribution in [0.5, 0.6) is 0 Å². The monoisotopic (exact) mass is 375 g/mol. The molecular weight excluding hydrogens is 358 g/mol. The van der Waals surface area contributed by atoms with E-state index in [4.69, 9.17) is 4.98 Å². The first-order valence-corrected chi connectivity index (χ1v) is 9.80. The maximum absolute atomic E-state index is 12.8. The van der Waals surface area contributed by atoms with Crippen molar-refractivity contribution in [1.29, 1.82) is 0 Å². The maximum Gasteiger partial charge on any atom is 0.255 e. The van der Waals surface area contributed by atoms with E-state index < -0.39 is 0 Å². The molecule has 6 nitrogen and oxygen atoms in total. The predicted octanol–water partition coefficient (Wildman–Crippen LogP) is 3.64. The first kappa shape index (κ1) is 16.1. The third-order valence-electron chi connectivity index (χ3n) is 4.95. The molecular formula is C20H17N5OS. The van der Waals surface area contributed by atoms with Gasteiger partial charge in [-0.1, -0.05) is 0 Å². The Morgan fingerprint density at radius 2 is 2.11 bits per heavy atom. The van der Waals surface area contributed by atoms with E-state index in [9.17, 15) is 4.79 Å². The van der Waals surface area contributed by atoms with Crippen LogP contribution in [0, 0.1) is 0 Å². The van der Waals surface area contributed by atoms with E-state index in [1.807, 2.05) is 23.1 Å². The van der Waals surface area contributed by atoms with Gasteiger partial charge < -0.3 is 9.47 Å². The first-order chi connectivity index (χ1) is 13.3. The molecule has 0 N–H and O–H groups in total. The Morgan fingerprint density at radius 1 is 1.19 bits per heavy atom. The van der Waals surface area contributed by atoms with E-state index in [-0.39, 0.29) is 11.9 Å². The fraction of sp³-hybridized carbons (Fsp3) is 0.200. The van der Waals surface area contributed by atoms with Crippen molar-refractivity contribution < 1.29 is 4.79 Å². The molecule has 7 heteroatoms. The van der Waals surface area contributed by atoms with E-state index in [0.717, 1.165) is 29.0 Å². The number of amides is 1. The second-order valence-electron chi connectivity index (χ2n) is 6.60. The molecule has 0 spiro atoms. The van der Waals surface area contributed by atoms with E-state index in [1.165, 1.54) is 0 Å². The fourth-order valence-electron chi connectivity index (χ4n) is 3.68. The van der Waals surface area contributed by atoms with Crippen LogP contribution in [0.25, 0.3) is 22.6 Å². The number of hydrogen-bond donors (Lipinski definition) is 0. The van der Waals surface area contributed by atoms with E-state index in [2.05, 4.69) is 31.4 Å². The van der Waals surface area contributed by atoms with Gasteiger partial charge in [-0.25, -0.2) is 9.97 Å². The summed E-state index contributed by atoms with van der Waals surface area (Å²) in [6.45, 7) is 1.36. The minimum absolute atomic E-state index is 0.0278. The lowest BCUT2D eigenvalue weighted by Gasteiger charge is -2.18. The Hall–Kier alpha value is -3.06. The predicted molar refractivity (Wildman–Crippen MR) is 105 cm³/mol. The number of rotatable bonds is 3. The zero-order chi connectivity index (χ0) is 18.2. The molecule has 0 radical (unpaired) electrons. The summed E-state index contributed by atoms with van der Waals surface area (Å²) in [7, 11) is 0. The second kappa shape index (κ2) is 6.59. The Balaban J connectivity index is 1.51. The van der Waals surface area contributed by atoms with Crippen LogP contribution in [-0.4, -0.2) is 43.4 Å². The molecule has 5 rings (SSSR count). The lowest BCUT2D eigenvalue weighted by atomic mass is 10.2. The third kappa shape index (κ3) is 2.80. The molecule has 0 aromatic carbocycles. The Kier molecular flexibility index (Phi) is 3.94. The van der Waals surface area contributed by atoms with Gasteiger partial charge >= 0.3 is 0 Å². The number of carbonyl (C=O) groups excluding carboxylic acids is 1. The number of aromatic nitrogens is 4. The number of likely N-dealkylation sites (tertiary alicyclic amines) is 1. The lowest BCUT2D eigenvalue weighted by molar-refractivity contribution is 0.0787. The number of thiophene rings is 1. The van der Waals surface area contributed by atoms with Gasteiger partial charge in [0.2, 0.25) is 0 Å². The number of hydrogen-bond acceptors (Lipinski definition) is 5. The largest absolute Gasteiger partial charge is 0.336 e. The van der Waals surface area contributed by atoms with Crippen molar-refractivity contribution in [1.82, 2.24) is 24.4 Å². The number of pyridine rings is 2. The van der Waals surface area contributed by atoms with Crippen molar-refractivity contribution in [3.05, 3.63) is 65.2 Å². The van der Waals surface area contributed by atoms with Gasteiger partial charge in [0.15, 0.2) is 5.65 Å². The highest BCUT2D eigenvalue weighted by Gasteiger charge is 2.31. The van der Waals surface area contributed by atoms with Crippen molar-refractivity contribution in [3.63, 3.8) is 0 Å². The van der Waals surface area contributed by atoms with E-state index >= 15 is 0 Å². The molecule has 1 amide bonds. The van der Waals surface area contributed by atoms with Crippen LogP contribution in [0.15, 0.2) is 59.7 Å². The molecule has 1 aliphatic rings. The van der Waals surface area contributed by atoms with Crippen molar-refractivity contribution >= 4 is 28.4 Å². The molecule has 1 fully saturated rings. The molecule has 4 aromatic heterocycles. The van der Waals surface area contributed by atoms with Gasteiger partial charge in [-0.3, -0.25) is 9.78 Å². The number of fused-ring (bicyclic) bond motifs is 1. The molecule has 4 aromatic rings. The minimum atomic E-state index is 0.0278. The second-order valence-corrected chi connectivity index (χ2v) is 7.38. The SMILES string of the molecule is O=C(c1cccnc1)N1CCC(n2c(-c3ccsc3)nc3cccnc32)C1. The summed E-state index contributed by atoms with van der Waals surface area (Å²) in [5, 5.41) is 4.16. The number of carbonyl (C=O) groups is 1. The van der Waals surface area contributed by atoms with E-state index in [0.29, 0.717) is 18.7 Å². The van der Waals surface area contributed by atoms with Crippen LogP contribution >= 0.6 is 11.3 Å². The lowest BCUT2D eigenvalue weighted by Crippen LogP contribution is -2.29. The van der Waals surface area contributed by atoms with Gasteiger partial charge in [0.25, 0.3) is 5.91 Å². The topological polar surface area (TPSA) is 63.9 Å². The maximum atomic E-state index is 12.8. The van der Waals surface area contributed by atoms with Gasteiger partial charge in [0, 0.05) is 42.6 Å². The van der Waals surface area contributed by atoms with Crippen molar-refractivity contribution in [3.8, 4) is 11.4 Å². The van der Waals surface area contributed by atoms with E-state index in [1.54, 1.807) is 36.0 Å². The van der Waals surface area contributed by atoms with Gasteiger partial charge in [-0.15, -0.1) is 0 Å². The van der Waals surface area contributed by atoms with Crippen LogP contribution in [0.1, 0.15) is 22.8 Å². The smallest absolute Gasteiger partial charge is 0.255 e. The third-order valence-corrected chi connectivity index (χ3v) is 5.64. The van der Waals surface area contributed by atoms with Crippen molar-refractivity contribution in [2.24, 2.45) is 0 Å². The van der Waals surface area contributed by atoms with Gasteiger partial charge in [-0.2, -0.15) is 11.3 Å². The summed E-state index contributed by atoms with van der Waals surface area (Å²) in [4.78, 5) is 28.1. The molecule has 1 saturated heterocycles. The molecule has 1 unspecified atom stereocenters. The highest BCUT2D eigenvalue weighted by atomic mass is 32.1. The van der Waals surface area contributed by atoms with Crippen molar-refractivity contribution in [2.75, 3.05) is 13.1 Å². The summed E-state index contributed by atoms with van der Waals surface area (Å²) in [6.07, 6.45) is 5.98. The summed E-state index contributed by atoms with van der Waals surface area (Å²) < 4.78 is 2.20. The van der Waals surface area contributed by atoms with Gasteiger partial charge in [0.05, 0.1) is 11.6 Å². The minimum Gasteiger partial charge on any atom is -0.336 e. The molecule has 1 atom stereocenters. The summed E-state index contributed by atoms with van der Waals surface area (Å²) >= 11 is 1.65. The zero-order valence-corrected chi connectivity index (χ0v) is 15.3.